The summed E-state index contributed by atoms with van der Waals surface area (Å²) in [6.45, 7) is 0. The molecule has 1 aromatic heterocycles. The van der Waals surface area contributed by atoms with E-state index in [9.17, 15) is 47.9 Å². The van der Waals surface area contributed by atoms with Gasteiger partial charge in [-0.2, -0.15) is 47.9 Å². The minimum absolute atomic E-state index is 0.0517. The Morgan fingerprint density at radius 3 is 1.36 bits per heavy atom. The van der Waals surface area contributed by atoms with Crippen molar-refractivity contribution in [3.8, 4) is 51.0 Å². The summed E-state index contributed by atoms with van der Waals surface area (Å²) in [7, 11) is -7.12. The summed E-state index contributed by atoms with van der Waals surface area (Å²) in [6, 6.07) is 27.9. The van der Waals surface area contributed by atoms with Gasteiger partial charge in [-0.05, 0) is 29.3 Å². The summed E-state index contributed by atoms with van der Waals surface area (Å²) >= 11 is 0. The average Bonchev–Trinajstić information content (AvgIpc) is 3.04. The van der Waals surface area contributed by atoms with Gasteiger partial charge in [-0.15, -0.1) is 0 Å². The van der Waals surface area contributed by atoms with Crippen LogP contribution in [0.15, 0.2) is 109 Å². The molecule has 47 heavy (non-hydrogen) atoms. The van der Waals surface area contributed by atoms with Crippen molar-refractivity contribution in [3.05, 3.63) is 109 Å². The van der Waals surface area contributed by atoms with E-state index in [1.165, 1.54) is 24.3 Å². The molecule has 0 bridgehead atoms. The van der Waals surface area contributed by atoms with Gasteiger partial charge in [-0.3, -0.25) is 0 Å². The van der Waals surface area contributed by atoms with Crippen LogP contribution in [0.3, 0.4) is 0 Å². The molecule has 244 valence electrons. The van der Waals surface area contributed by atoms with Gasteiger partial charge in [0.05, 0.1) is 0 Å². The number of aromatic nitrogens is 3. The predicted octanol–water partition coefficient (Wildman–Crippen LogP) is 8.67. The quantitative estimate of drug-likeness (QED) is 0.114. The van der Waals surface area contributed by atoms with Gasteiger partial charge in [0, 0.05) is 16.7 Å². The molecule has 0 saturated carbocycles. The van der Waals surface area contributed by atoms with Crippen molar-refractivity contribution in [1.29, 1.82) is 0 Å². The number of halogens is 9. The van der Waals surface area contributed by atoms with E-state index in [1.807, 2.05) is 0 Å². The SMILES string of the molecule is O=S(=O)(Oc1cccc(-c2cccc(-c3nc(-c4ccccc4)nc(-c4ccccc4)n3)c2)c1)C(F)(F)C(F)(F)C(F)(F)C(F)(F)F. The molecule has 0 aliphatic carbocycles. The second-order valence-electron chi connectivity index (χ2n) is 9.85. The lowest BCUT2D eigenvalue weighted by molar-refractivity contribution is -0.382. The Balaban J connectivity index is 1.50. The van der Waals surface area contributed by atoms with Gasteiger partial charge in [0.15, 0.2) is 17.5 Å². The monoisotopic (exact) mass is 683 g/mol. The zero-order valence-electron chi connectivity index (χ0n) is 23.3. The Hall–Kier alpha value is -4.99. The van der Waals surface area contributed by atoms with Gasteiger partial charge in [-0.1, -0.05) is 91.0 Å². The van der Waals surface area contributed by atoms with Gasteiger partial charge in [0.25, 0.3) is 0 Å². The van der Waals surface area contributed by atoms with E-state index in [1.54, 1.807) is 66.7 Å². The van der Waals surface area contributed by atoms with E-state index in [0.29, 0.717) is 34.4 Å². The summed E-state index contributed by atoms with van der Waals surface area (Å²) in [6.07, 6.45) is -7.21. The van der Waals surface area contributed by atoms with E-state index in [-0.39, 0.29) is 17.0 Å². The molecule has 0 spiro atoms. The van der Waals surface area contributed by atoms with Crippen molar-refractivity contribution in [3.63, 3.8) is 0 Å². The molecule has 0 radical (unpaired) electrons. The predicted molar refractivity (Wildman–Crippen MR) is 152 cm³/mol. The van der Waals surface area contributed by atoms with Crippen LogP contribution in [0, 0.1) is 0 Å². The largest absolute Gasteiger partial charge is 0.460 e. The number of hydrogen-bond acceptors (Lipinski definition) is 6. The number of hydrogen-bond donors (Lipinski definition) is 0. The van der Waals surface area contributed by atoms with Crippen molar-refractivity contribution in [2.24, 2.45) is 0 Å². The zero-order chi connectivity index (χ0) is 34.3. The highest BCUT2D eigenvalue weighted by Gasteiger charge is 2.86. The number of nitrogens with zero attached hydrogens (tertiary/aromatic N) is 3. The maximum absolute atomic E-state index is 14.2. The van der Waals surface area contributed by atoms with Crippen LogP contribution >= 0.6 is 0 Å². The third-order valence-electron chi connectivity index (χ3n) is 6.62. The molecule has 1 heterocycles. The van der Waals surface area contributed by atoms with Crippen LogP contribution in [0.4, 0.5) is 39.5 Å². The van der Waals surface area contributed by atoms with Crippen LogP contribution in [0.5, 0.6) is 5.75 Å². The molecular formula is C31H18F9N3O3S. The maximum atomic E-state index is 14.2. The smallest absolute Gasteiger partial charge is 0.378 e. The lowest BCUT2D eigenvalue weighted by Gasteiger charge is -2.32. The number of alkyl halides is 9. The van der Waals surface area contributed by atoms with Crippen molar-refractivity contribution in [2.45, 2.75) is 23.3 Å². The molecule has 0 aliphatic heterocycles. The Bertz CT molecular complexity index is 1950. The van der Waals surface area contributed by atoms with E-state index < -0.39 is 39.1 Å². The molecule has 0 N–H and O–H groups in total. The van der Waals surface area contributed by atoms with Crippen LogP contribution in [-0.2, 0) is 10.1 Å². The number of rotatable bonds is 9. The topological polar surface area (TPSA) is 82.0 Å². The van der Waals surface area contributed by atoms with Crippen LogP contribution in [-0.4, -0.2) is 46.6 Å². The Morgan fingerprint density at radius 2 is 0.872 bits per heavy atom. The van der Waals surface area contributed by atoms with Crippen molar-refractivity contribution >= 4 is 10.1 Å². The normalized spacial score (nSPS) is 13.0. The lowest BCUT2D eigenvalue weighted by Crippen LogP contribution is -2.63. The zero-order valence-corrected chi connectivity index (χ0v) is 24.1. The highest BCUT2D eigenvalue weighted by atomic mass is 32.2. The third kappa shape index (κ3) is 6.24. The highest BCUT2D eigenvalue weighted by Crippen LogP contribution is 2.55. The molecule has 0 amide bonds. The van der Waals surface area contributed by atoms with E-state index in [4.69, 9.17) is 0 Å². The van der Waals surface area contributed by atoms with Crippen LogP contribution in [0.1, 0.15) is 0 Å². The summed E-state index contributed by atoms with van der Waals surface area (Å²) in [5, 5.41) is -7.00. The van der Waals surface area contributed by atoms with Crippen molar-refractivity contribution < 1.29 is 52.1 Å². The molecule has 0 saturated heterocycles. The molecule has 16 heteroatoms. The molecule has 0 atom stereocenters. The van der Waals surface area contributed by atoms with E-state index >= 15 is 0 Å². The van der Waals surface area contributed by atoms with Gasteiger partial charge >= 0.3 is 33.4 Å². The summed E-state index contributed by atoms with van der Waals surface area (Å²) < 4.78 is 148. The van der Waals surface area contributed by atoms with Crippen LogP contribution < -0.4 is 4.18 Å². The van der Waals surface area contributed by atoms with Crippen LogP contribution in [0.25, 0.3) is 45.3 Å². The Labute approximate surface area is 260 Å². The fourth-order valence-corrected chi connectivity index (χ4v) is 5.10. The first kappa shape index (κ1) is 33.4. The van der Waals surface area contributed by atoms with Gasteiger partial charge < -0.3 is 4.18 Å². The first-order valence-corrected chi connectivity index (χ1v) is 14.6. The molecular weight excluding hydrogens is 665 g/mol. The second-order valence-corrected chi connectivity index (χ2v) is 11.4. The fourth-order valence-electron chi connectivity index (χ4n) is 4.20. The Morgan fingerprint density at radius 1 is 0.468 bits per heavy atom. The van der Waals surface area contributed by atoms with Gasteiger partial charge in [0.2, 0.25) is 0 Å². The lowest BCUT2D eigenvalue weighted by atomic mass is 10.0. The summed E-state index contributed by atoms with van der Waals surface area (Å²) in [5.74, 6) is -15.1. The van der Waals surface area contributed by atoms with Gasteiger partial charge in [-0.25, -0.2) is 15.0 Å². The summed E-state index contributed by atoms with van der Waals surface area (Å²) in [4.78, 5) is 13.7. The first-order chi connectivity index (χ1) is 21.9. The van der Waals surface area contributed by atoms with Crippen molar-refractivity contribution in [1.82, 2.24) is 15.0 Å². The Kier molecular flexibility index (Phi) is 8.51. The van der Waals surface area contributed by atoms with Crippen molar-refractivity contribution in [2.75, 3.05) is 0 Å². The molecule has 0 aliphatic rings. The molecule has 0 unspecified atom stereocenters. The standard InChI is InChI=1S/C31H18F9N3O3S/c32-28(33,30(36,37)38)29(34,35)31(39,40)47(44,45)46-24-16-8-14-22(18-24)21-13-7-15-23(17-21)27-42-25(19-9-3-1-4-10-19)41-26(43-27)20-11-5-2-6-12-20/h1-18H. The van der Waals surface area contributed by atoms with E-state index in [0.717, 1.165) is 12.1 Å². The molecule has 4 aromatic carbocycles. The minimum atomic E-state index is -7.43. The van der Waals surface area contributed by atoms with Gasteiger partial charge in [0.1, 0.15) is 5.75 Å². The second kappa shape index (κ2) is 12.0. The number of benzene rings is 4. The fraction of sp³-hybridized carbons (Fsp3) is 0.129. The average molecular weight is 684 g/mol. The summed E-state index contributed by atoms with van der Waals surface area (Å²) in [5.41, 5.74) is 2.07. The molecule has 5 rings (SSSR count). The first-order valence-electron chi connectivity index (χ1n) is 13.2. The minimum Gasteiger partial charge on any atom is -0.378 e. The molecule has 6 nitrogen and oxygen atoms in total. The van der Waals surface area contributed by atoms with Crippen LogP contribution in [0.2, 0.25) is 0 Å². The molecule has 5 aromatic rings. The molecule has 0 fully saturated rings. The maximum Gasteiger partial charge on any atom is 0.460 e. The third-order valence-corrected chi connectivity index (χ3v) is 7.92. The highest BCUT2D eigenvalue weighted by molar-refractivity contribution is 7.88. The van der Waals surface area contributed by atoms with E-state index in [2.05, 4.69) is 19.1 Å².